The molecule has 86 valence electrons. The van der Waals surface area contributed by atoms with Crippen molar-refractivity contribution in [3.63, 3.8) is 0 Å². The molecule has 16 heavy (non-hydrogen) atoms. The molecule has 1 unspecified atom stereocenters. The van der Waals surface area contributed by atoms with Gasteiger partial charge in [0.25, 0.3) is 0 Å². The van der Waals surface area contributed by atoms with E-state index in [4.69, 9.17) is 5.11 Å². The summed E-state index contributed by atoms with van der Waals surface area (Å²) in [5.41, 5.74) is 0. The van der Waals surface area contributed by atoms with Crippen LogP contribution in [-0.4, -0.2) is 36.0 Å². The SMILES string of the molecule is CC(=O)NCCCCC(N[C-]=O)C(=O)O.[Cs+]. The number of hydrogen-bond donors (Lipinski definition) is 3. The van der Waals surface area contributed by atoms with E-state index >= 15 is 0 Å². The van der Waals surface area contributed by atoms with Crippen molar-refractivity contribution in [1.82, 2.24) is 10.6 Å². The maximum absolute atomic E-state index is 10.6. The molecule has 0 rings (SSSR count). The number of nitrogens with one attached hydrogen (secondary N) is 2. The molecule has 1 atom stereocenters. The summed E-state index contributed by atoms with van der Waals surface area (Å²) in [4.78, 5) is 31.0. The van der Waals surface area contributed by atoms with Gasteiger partial charge in [0.2, 0.25) is 5.91 Å². The summed E-state index contributed by atoms with van der Waals surface area (Å²) in [6, 6.07) is -0.889. The monoisotopic (exact) mass is 348 g/mol. The number of carbonyl (C=O) groups is 2. The van der Waals surface area contributed by atoms with Gasteiger partial charge in [0.15, 0.2) is 0 Å². The number of aliphatic carboxylic acids is 1. The van der Waals surface area contributed by atoms with Gasteiger partial charge >= 0.3 is 74.9 Å². The van der Waals surface area contributed by atoms with Gasteiger partial charge in [0.05, 0.1) is 6.04 Å². The molecule has 2 amide bonds. The number of carbonyl (C=O) groups excluding carboxylic acids is 2. The third-order valence-corrected chi connectivity index (χ3v) is 1.82. The molecule has 0 aromatic heterocycles. The first-order valence-electron chi connectivity index (χ1n) is 4.68. The summed E-state index contributed by atoms with van der Waals surface area (Å²) in [5, 5.41) is 13.3. The Morgan fingerprint density at radius 3 is 2.44 bits per heavy atom. The molecule has 0 fully saturated rings. The third-order valence-electron chi connectivity index (χ3n) is 1.82. The molecule has 0 bridgehead atoms. The fourth-order valence-electron chi connectivity index (χ4n) is 1.07. The standard InChI is InChI=1S/C9H15N2O4.Cs/c1-7(13)10-5-3-2-4-8(9(14)15)11-6-12;/h8H,2-5H2,1H3,(H,10,13)(H,11,12)(H,14,15);/q-1;+1. The number of carboxylic acid groups (broad SMARTS) is 1. The number of hydrogen-bond acceptors (Lipinski definition) is 3. The van der Waals surface area contributed by atoms with Crippen molar-refractivity contribution in [2.24, 2.45) is 0 Å². The summed E-state index contributed by atoms with van der Waals surface area (Å²) in [5.74, 6) is -1.18. The van der Waals surface area contributed by atoms with Crippen LogP contribution in [0.15, 0.2) is 0 Å². The predicted octanol–water partition coefficient (Wildman–Crippen LogP) is -3.59. The van der Waals surface area contributed by atoms with Gasteiger partial charge in [-0.25, -0.2) is 0 Å². The first-order valence-corrected chi connectivity index (χ1v) is 4.68. The molecule has 0 spiro atoms. The van der Waals surface area contributed by atoms with Crippen LogP contribution >= 0.6 is 0 Å². The third kappa shape index (κ3) is 11.0. The van der Waals surface area contributed by atoms with Crippen LogP contribution < -0.4 is 79.5 Å². The summed E-state index contributed by atoms with van der Waals surface area (Å²) >= 11 is 0. The van der Waals surface area contributed by atoms with E-state index in [2.05, 4.69) is 10.6 Å². The second-order valence-corrected chi connectivity index (χ2v) is 3.12. The Bertz CT molecular complexity index is 236. The Kier molecular flexibility index (Phi) is 14.0. The Hall–Kier alpha value is 0.462. The van der Waals surface area contributed by atoms with E-state index in [0.29, 0.717) is 25.8 Å². The van der Waals surface area contributed by atoms with Crippen molar-refractivity contribution in [1.29, 1.82) is 0 Å². The van der Waals surface area contributed by atoms with E-state index in [1.165, 1.54) is 13.3 Å². The van der Waals surface area contributed by atoms with Crippen molar-refractivity contribution >= 4 is 18.3 Å². The van der Waals surface area contributed by atoms with Gasteiger partial charge in [0.1, 0.15) is 0 Å². The minimum absolute atomic E-state index is 0. The Balaban J connectivity index is 0. The average Bonchev–Trinajstić information content (AvgIpc) is 2.15. The van der Waals surface area contributed by atoms with Crippen molar-refractivity contribution in [3.8, 4) is 0 Å². The van der Waals surface area contributed by atoms with Crippen LogP contribution in [0.4, 0.5) is 0 Å². The van der Waals surface area contributed by atoms with Crippen molar-refractivity contribution in [2.45, 2.75) is 32.2 Å². The molecule has 7 heteroatoms. The van der Waals surface area contributed by atoms with Crippen LogP contribution in [0.25, 0.3) is 0 Å². The number of unbranched alkanes of at least 4 members (excludes halogenated alkanes) is 1. The Labute approximate surface area is 153 Å². The maximum atomic E-state index is 10.6. The first kappa shape index (κ1) is 18.8. The van der Waals surface area contributed by atoms with Crippen molar-refractivity contribution in [3.05, 3.63) is 0 Å². The summed E-state index contributed by atoms with van der Waals surface area (Å²) in [7, 11) is 0. The molecule has 6 nitrogen and oxygen atoms in total. The fourth-order valence-corrected chi connectivity index (χ4v) is 1.07. The van der Waals surface area contributed by atoms with Gasteiger partial charge in [-0.15, -0.1) is 0 Å². The van der Waals surface area contributed by atoms with E-state index in [1.807, 2.05) is 0 Å². The number of amides is 2. The molecule has 0 radical (unpaired) electrons. The van der Waals surface area contributed by atoms with Gasteiger partial charge in [-0.05, 0) is 19.3 Å². The zero-order chi connectivity index (χ0) is 11.7. The van der Waals surface area contributed by atoms with Gasteiger partial charge in [-0.1, -0.05) is 0 Å². The second-order valence-electron chi connectivity index (χ2n) is 3.12. The largest absolute Gasteiger partial charge is 1.00 e. The predicted molar refractivity (Wildman–Crippen MR) is 52.8 cm³/mol. The molecule has 0 aliphatic heterocycles. The van der Waals surface area contributed by atoms with Gasteiger partial charge in [0, 0.05) is 13.5 Å². The topological polar surface area (TPSA) is 95.5 Å². The van der Waals surface area contributed by atoms with Crippen LogP contribution in [-0.2, 0) is 14.4 Å². The number of carboxylic acids is 1. The minimum atomic E-state index is -1.07. The van der Waals surface area contributed by atoms with Crippen molar-refractivity contribution in [2.75, 3.05) is 6.54 Å². The second kappa shape index (κ2) is 11.9. The molecule has 0 aromatic rings. The smallest absolute Gasteiger partial charge is 0.520 e. The Morgan fingerprint density at radius 2 is 2.00 bits per heavy atom. The molecular weight excluding hydrogens is 333 g/mol. The van der Waals surface area contributed by atoms with Crippen LogP contribution in [0.1, 0.15) is 26.2 Å². The molecule has 0 saturated heterocycles. The normalized spacial score (nSPS) is 10.8. The molecule has 0 heterocycles. The van der Waals surface area contributed by atoms with Crippen LogP contribution in [0.2, 0.25) is 0 Å². The van der Waals surface area contributed by atoms with Crippen LogP contribution in [0.5, 0.6) is 0 Å². The molecule has 0 saturated carbocycles. The summed E-state index contributed by atoms with van der Waals surface area (Å²) < 4.78 is 0. The van der Waals surface area contributed by atoms with Crippen molar-refractivity contribution < 1.29 is 88.4 Å². The van der Waals surface area contributed by atoms with E-state index in [0.717, 1.165) is 0 Å². The van der Waals surface area contributed by atoms with Gasteiger partial charge < -0.3 is 20.5 Å². The van der Waals surface area contributed by atoms with E-state index in [9.17, 15) is 14.4 Å². The summed E-state index contributed by atoms with van der Waals surface area (Å²) in [6.07, 6.45) is 3.00. The fraction of sp³-hybridized carbons (Fsp3) is 0.667. The van der Waals surface area contributed by atoms with Crippen LogP contribution in [0, 0.1) is 0 Å². The Morgan fingerprint density at radius 1 is 1.38 bits per heavy atom. The van der Waals surface area contributed by atoms with Gasteiger partial charge in [-0.2, -0.15) is 6.41 Å². The molecule has 0 aliphatic rings. The zero-order valence-corrected chi connectivity index (χ0v) is 15.9. The summed E-state index contributed by atoms with van der Waals surface area (Å²) in [6.45, 7) is 1.94. The van der Waals surface area contributed by atoms with E-state index in [1.54, 1.807) is 0 Å². The number of rotatable bonds is 8. The molecule has 3 N–H and O–H groups in total. The first-order chi connectivity index (χ1) is 7.07. The van der Waals surface area contributed by atoms with Gasteiger partial charge in [-0.3, -0.25) is 9.59 Å². The molecular formula is C9H15CsN2O4. The van der Waals surface area contributed by atoms with E-state index in [-0.39, 0.29) is 74.8 Å². The zero-order valence-electron chi connectivity index (χ0n) is 9.58. The molecule has 0 aromatic carbocycles. The maximum Gasteiger partial charge on any atom is 1.00 e. The minimum Gasteiger partial charge on any atom is -0.520 e. The average molecular weight is 348 g/mol. The molecule has 0 aliphatic carbocycles. The van der Waals surface area contributed by atoms with E-state index < -0.39 is 12.0 Å². The van der Waals surface area contributed by atoms with Crippen LogP contribution in [0.3, 0.4) is 0 Å². The quantitative estimate of drug-likeness (QED) is 0.240.